The third-order valence-corrected chi connectivity index (χ3v) is 5.39. The second-order valence-electron chi connectivity index (χ2n) is 7.08. The van der Waals surface area contributed by atoms with Crippen molar-refractivity contribution < 1.29 is 14.7 Å². The van der Waals surface area contributed by atoms with Gasteiger partial charge in [-0.05, 0) is 29.9 Å². The van der Waals surface area contributed by atoms with E-state index in [4.69, 9.17) is 5.11 Å². The fourth-order valence-corrected chi connectivity index (χ4v) is 4.03. The Labute approximate surface area is 163 Å². The van der Waals surface area contributed by atoms with E-state index < -0.39 is 5.97 Å². The first-order chi connectivity index (χ1) is 12.7. The van der Waals surface area contributed by atoms with Crippen LogP contribution in [0.5, 0.6) is 0 Å². The van der Waals surface area contributed by atoms with Crippen molar-refractivity contribution in [1.29, 1.82) is 5.26 Å². The summed E-state index contributed by atoms with van der Waals surface area (Å²) < 4.78 is 0. The minimum absolute atomic E-state index is 0.0601. The number of aliphatic carboxylic acids is 1. The lowest BCUT2D eigenvalue weighted by Crippen LogP contribution is -2.16. The number of benzene rings is 1. The maximum absolute atomic E-state index is 12.2. The first kappa shape index (κ1) is 20.7. The topological polar surface area (TPSA) is 90.2 Å². The molecule has 27 heavy (non-hydrogen) atoms. The highest BCUT2D eigenvalue weighted by atomic mass is 32.1. The van der Waals surface area contributed by atoms with Gasteiger partial charge in [-0.1, -0.05) is 45.0 Å². The van der Waals surface area contributed by atoms with Crippen molar-refractivity contribution in [2.75, 3.05) is 5.32 Å². The molecule has 1 atom stereocenters. The van der Waals surface area contributed by atoms with Crippen LogP contribution in [-0.4, -0.2) is 17.0 Å². The molecule has 1 amide bonds. The largest absolute Gasteiger partial charge is 0.481 e. The average Bonchev–Trinajstić information content (AvgIpc) is 2.88. The zero-order chi connectivity index (χ0) is 20.1. The highest BCUT2D eigenvalue weighted by molar-refractivity contribution is 7.17. The fourth-order valence-electron chi connectivity index (χ4n) is 2.99. The number of aryl methyl sites for hydroxylation is 1. The summed E-state index contributed by atoms with van der Waals surface area (Å²) in [5.41, 5.74) is 3.47. The average molecular weight is 385 g/mol. The Bertz CT molecular complexity index is 876. The molecule has 2 N–H and O–H groups in total. The smallest absolute Gasteiger partial charge is 0.303 e. The molecule has 0 saturated heterocycles. The van der Waals surface area contributed by atoms with E-state index in [0.29, 0.717) is 16.5 Å². The Morgan fingerprint density at radius 1 is 1.19 bits per heavy atom. The molecule has 0 radical (unpaired) electrons. The molecular weight excluding hydrogens is 360 g/mol. The number of nitrogens with one attached hydrogen (secondary N) is 1. The molecule has 1 aromatic heterocycles. The summed E-state index contributed by atoms with van der Waals surface area (Å²) in [5, 5.41) is 21.8. The summed E-state index contributed by atoms with van der Waals surface area (Å²) in [5.74, 6) is -1.03. The molecule has 0 aliphatic rings. The Morgan fingerprint density at radius 3 is 2.33 bits per heavy atom. The number of carboxylic acid groups (broad SMARTS) is 1. The summed E-state index contributed by atoms with van der Waals surface area (Å²) in [6, 6.07) is 10.3. The minimum Gasteiger partial charge on any atom is -0.481 e. The molecule has 0 aliphatic carbocycles. The molecule has 5 nitrogen and oxygen atoms in total. The normalized spacial score (nSPS) is 11.9. The summed E-state index contributed by atoms with van der Waals surface area (Å²) in [7, 11) is 0. The van der Waals surface area contributed by atoms with Crippen LogP contribution in [0.15, 0.2) is 24.3 Å². The lowest BCUT2D eigenvalue weighted by molar-refractivity contribution is -0.138. The van der Waals surface area contributed by atoms with Crippen molar-refractivity contribution in [2.45, 2.75) is 46.5 Å². The van der Waals surface area contributed by atoms with Crippen molar-refractivity contribution in [3.63, 3.8) is 0 Å². The summed E-state index contributed by atoms with van der Waals surface area (Å²) in [6.45, 7) is 7.91. The van der Waals surface area contributed by atoms with Crippen LogP contribution >= 0.6 is 11.3 Å². The van der Waals surface area contributed by atoms with Crippen LogP contribution in [0.1, 0.15) is 55.5 Å². The minimum atomic E-state index is -0.924. The van der Waals surface area contributed by atoms with Crippen molar-refractivity contribution >= 4 is 28.2 Å². The number of nitrogens with zero attached hydrogens (tertiary/aromatic N) is 1. The van der Waals surface area contributed by atoms with Crippen molar-refractivity contribution in [3.8, 4) is 17.2 Å². The molecule has 0 bridgehead atoms. The number of rotatable bonds is 7. The SMILES string of the molecule is Cc1sc(NC(=O)C[C@@H](C)CC(=O)O)c(C#N)c1-c1ccc(C(C)C)cc1. The van der Waals surface area contributed by atoms with E-state index in [1.165, 1.54) is 16.9 Å². The quantitative estimate of drug-likeness (QED) is 0.690. The fraction of sp³-hybridized carbons (Fsp3) is 0.381. The summed E-state index contributed by atoms with van der Waals surface area (Å²) in [4.78, 5) is 23.9. The van der Waals surface area contributed by atoms with Crippen LogP contribution in [0, 0.1) is 24.2 Å². The van der Waals surface area contributed by atoms with Crippen molar-refractivity contribution in [2.24, 2.45) is 5.92 Å². The molecule has 0 unspecified atom stereocenters. The number of amides is 1. The van der Waals surface area contributed by atoms with Gasteiger partial charge in [0.05, 0.1) is 5.56 Å². The molecule has 0 spiro atoms. The summed E-state index contributed by atoms with van der Waals surface area (Å²) in [6.07, 6.45) is 0.0436. The zero-order valence-electron chi connectivity index (χ0n) is 16.0. The Morgan fingerprint density at radius 2 is 1.81 bits per heavy atom. The van der Waals surface area contributed by atoms with Gasteiger partial charge in [0.1, 0.15) is 11.1 Å². The standard InChI is InChI=1S/C21H24N2O3S/c1-12(2)15-5-7-16(8-6-15)20-14(4)27-21(17(20)11-22)23-18(24)9-13(3)10-19(25)26/h5-8,12-13H,9-10H2,1-4H3,(H,23,24)(H,25,26)/t13-/m1/s1. The van der Waals surface area contributed by atoms with Gasteiger partial charge in [0, 0.05) is 23.3 Å². The van der Waals surface area contributed by atoms with E-state index in [1.54, 1.807) is 6.92 Å². The number of nitriles is 1. The lowest BCUT2D eigenvalue weighted by atomic mass is 9.97. The molecule has 0 saturated carbocycles. The second kappa shape index (κ2) is 8.83. The molecule has 1 heterocycles. The van der Waals surface area contributed by atoms with E-state index in [1.807, 2.05) is 19.1 Å². The highest BCUT2D eigenvalue weighted by Gasteiger charge is 2.20. The van der Waals surface area contributed by atoms with E-state index in [-0.39, 0.29) is 24.7 Å². The molecular formula is C21H24N2O3S. The van der Waals surface area contributed by atoms with Gasteiger partial charge >= 0.3 is 5.97 Å². The predicted molar refractivity (Wildman–Crippen MR) is 108 cm³/mol. The number of hydrogen-bond acceptors (Lipinski definition) is 4. The first-order valence-electron chi connectivity index (χ1n) is 8.88. The number of hydrogen-bond donors (Lipinski definition) is 2. The number of carboxylic acids is 1. The Hall–Kier alpha value is -2.65. The van der Waals surface area contributed by atoms with Crippen molar-refractivity contribution in [1.82, 2.24) is 0 Å². The van der Waals surface area contributed by atoms with Crippen LogP contribution in [0.25, 0.3) is 11.1 Å². The number of anilines is 1. The van der Waals surface area contributed by atoms with E-state index in [2.05, 4.69) is 37.4 Å². The van der Waals surface area contributed by atoms with Gasteiger partial charge in [-0.15, -0.1) is 11.3 Å². The van der Waals surface area contributed by atoms with E-state index in [9.17, 15) is 14.9 Å². The molecule has 0 aliphatic heterocycles. The third kappa shape index (κ3) is 5.18. The lowest BCUT2D eigenvalue weighted by Gasteiger charge is -2.09. The Balaban J connectivity index is 2.25. The van der Waals surface area contributed by atoms with Gasteiger partial charge in [-0.25, -0.2) is 0 Å². The van der Waals surface area contributed by atoms with Gasteiger partial charge in [-0.2, -0.15) is 5.26 Å². The maximum Gasteiger partial charge on any atom is 0.303 e. The van der Waals surface area contributed by atoms with Crippen LogP contribution in [0.2, 0.25) is 0 Å². The second-order valence-corrected chi connectivity index (χ2v) is 8.31. The number of thiophene rings is 1. The molecule has 0 fully saturated rings. The monoisotopic (exact) mass is 384 g/mol. The van der Waals surface area contributed by atoms with Gasteiger partial charge in [0.2, 0.25) is 5.91 Å². The third-order valence-electron chi connectivity index (χ3n) is 4.37. The van der Waals surface area contributed by atoms with Gasteiger partial charge in [0.25, 0.3) is 0 Å². The number of carbonyl (C=O) groups excluding carboxylic acids is 1. The highest BCUT2D eigenvalue weighted by Crippen LogP contribution is 2.39. The molecule has 1 aromatic carbocycles. The van der Waals surface area contributed by atoms with E-state index >= 15 is 0 Å². The number of carbonyl (C=O) groups is 2. The maximum atomic E-state index is 12.2. The zero-order valence-corrected chi connectivity index (χ0v) is 16.8. The van der Waals surface area contributed by atoms with Gasteiger partial charge < -0.3 is 10.4 Å². The molecule has 142 valence electrons. The molecule has 2 aromatic rings. The van der Waals surface area contributed by atoms with Gasteiger partial charge in [0.15, 0.2) is 0 Å². The Kier molecular flexibility index (Phi) is 6.75. The van der Waals surface area contributed by atoms with Crippen molar-refractivity contribution in [3.05, 3.63) is 40.3 Å². The van der Waals surface area contributed by atoms with Crippen LogP contribution in [-0.2, 0) is 9.59 Å². The predicted octanol–water partition coefficient (Wildman–Crippen LogP) is 5.16. The summed E-state index contributed by atoms with van der Waals surface area (Å²) >= 11 is 1.37. The molecule has 2 rings (SSSR count). The van der Waals surface area contributed by atoms with Crippen LogP contribution in [0.4, 0.5) is 5.00 Å². The van der Waals surface area contributed by atoms with E-state index in [0.717, 1.165) is 16.0 Å². The van der Waals surface area contributed by atoms with Gasteiger partial charge in [-0.3, -0.25) is 9.59 Å². The van der Waals surface area contributed by atoms with Crippen LogP contribution in [0.3, 0.4) is 0 Å². The van der Waals surface area contributed by atoms with Crippen LogP contribution < -0.4 is 5.32 Å². The molecule has 6 heteroatoms. The first-order valence-corrected chi connectivity index (χ1v) is 9.70.